The molecule has 2 aromatic heterocycles. The summed E-state index contributed by atoms with van der Waals surface area (Å²) in [6, 6.07) is 81.0. The van der Waals surface area contributed by atoms with E-state index in [0.29, 0.717) is 0 Å². The van der Waals surface area contributed by atoms with Crippen LogP contribution in [0.25, 0.3) is 76.9 Å². The zero-order valence-electron chi connectivity index (χ0n) is 33.6. The second kappa shape index (κ2) is 13.4. The number of anilines is 3. The highest BCUT2D eigenvalue weighted by Crippen LogP contribution is 2.57. The minimum Gasteiger partial charge on any atom is -0.456 e. The maximum absolute atomic E-state index is 6.98. The van der Waals surface area contributed by atoms with E-state index in [-0.39, 0.29) is 0 Å². The molecule has 2 heterocycles. The molecule has 0 spiro atoms. The summed E-state index contributed by atoms with van der Waals surface area (Å²) in [6.07, 6.45) is 0. The Morgan fingerprint density at radius 2 is 0.903 bits per heavy atom. The molecule has 1 aliphatic carbocycles. The van der Waals surface area contributed by atoms with Crippen LogP contribution in [0.1, 0.15) is 22.3 Å². The van der Waals surface area contributed by atoms with Gasteiger partial charge in [-0.1, -0.05) is 176 Å². The van der Waals surface area contributed by atoms with Gasteiger partial charge in [-0.2, -0.15) is 0 Å². The van der Waals surface area contributed by atoms with Gasteiger partial charge < -0.3 is 13.7 Å². The Morgan fingerprint density at radius 3 is 1.74 bits per heavy atom. The van der Waals surface area contributed by atoms with Crippen LogP contribution in [-0.2, 0) is 5.41 Å². The van der Waals surface area contributed by atoms with E-state index in [4.69, 9.17) is 8.83 Å². The molecule has 1 aliphatic rings. The Labute approximate surface area is 358 Å². The van der Waals surface area contributed by atoms with Gasteiger partial charge in [-0.15, -0.1) is 0 Å². The quantitative estimate of drug-likeness (QED) is 0.168. The number of hydrogen-bond donors (Lipinski definition) is 0. The average molecular weight is 792 g/mol. The molecule has 0 unspecified atom stereocenters. The van der Waals surface area contributed by atoms with Crippen molar-refractivity contribution in [2.45, 2.75) is 5.41 Å². The molecule has 62 heavy (non-hydrogen) atoms. The van der Waals surface area contributed by atoms with E-state index in [9.17, 15) is 0 Å². The molecule has 0 fully saturated rings. The van der Waals surface area contributed by atoms with Crippen LogP contribution in [0.2, 0.25) is 0 Å². The number of nitrogens with zero attached hydrogens (tertiary/aromatic N) is 1. The van der Waals surface area contributed by atoms with Crippen molar-refractivity contribution in [3.05, 3.63) is 247 Å². The number of hydrogen-bond acceptors (Lipinski definition) is 3. The van der Waals surface area contributed by atoms with Gasteiger partial charge in [0.25, 0.3) is 0 Å². The first-order valence-corrected chi connectivity index (χ1v) is 21.2. The summed E-state index contributed by atoms with van der Waals surface area (Å²) >= 11 is 0. The van der Waals surface area contributed by atoms with Crippen molar-refractivity contribution in [3.63, 3.8) is 0 Å². The molecule has 0 N–H and O–H groups in total. The lowest BCUT2D eigenvalue weighted by Crippen LogP contribution is -2.28. The molecular formula is C59H37NO2. The first-order valence-electron chi connectivity index (χ1n) is 21.2. The fourth-order valence-electron chi connectivity index (χ4n) is 10.5. The van der Waals surface area contributed by atoms with E-state index in [2.05, 4.69) is 217 Å². The summed E-state index contributed by atoms with van der Waals surface area (Å²) in [6.45, 7) is 0. The summed E-state index contributed by atoms with van der Waals surface area (Å²) in [4.78, 5) is 2.41. The molecule has 0 amide bonds. The fraction of sp³-hybridized carbons (Fsp3) is 0.0169. The average Bonchev–Trinajstić information content (AvgIpc) is 4.01. The number of para-hydroxylation sites is 3. The third-order valence-corrected chi connectivity index (χ3v) is 13.1. The van der Waals surface area contributed by atoms with Crippen LogP contribution >= 0.6 is 0 Å². The van der Waals surface area contributed by atoms with E-state index in [1.807, 2.05) is 12.1 Å². The predicted octanol–water partition coefficient (Wildman–Crippen LogP) is 16.1. The van der Waals surface area contributed by atoms with Crippen molar-refractivity contribution in [2.75, 3.05) is 4.90 Å². The molecular weight excluding hydrogens is 755 g/mol. The lowest BCUT2D eigenvalue weighted by Gasteiger charge is -2.35. The van der Waals surface area contributed by atoms with Crippen LogP contribution in [0, 0.1) is 0 Å². The minimum atomic E-state index is -0.555. The van der Waals surface area contributed by atoms with Gasteiger partial charge in [-0.3, -0.25) is 0 Å². The monoisotopic (exact) mass is 791 g/mol. The predicted molar refractivity (Wildman–Crippen MR) is 256 cm³/mol. The van der Waals surface area contributed by atoms with Crippen molar-refractivity contribution < 1.29 is 8.83 Å². The van der Waals surface area contributed by atoms with Crippen LogP contribution in [0.5, 0.6) is 0 Å². The van der Waals surface area contributed by atoms with E-state index in [1.54, 1.807) is 0 Å². The van der Waals surface area contributed by atoms with Crippen LogP contribution in [0.3, 0.4) is 0 Å². The zero-order chi connectivity index (χ0) is 40.8. The minimum absolute atomic E-state index is 0.555. The maximum atomic E-state index is 6.98. The van der Waals surface area contributed by atoms with Gasteiger partial charge in [0.05, 0.1) is 11.1 Å². The fourth-order valence-corrected chi connectivity index (χ4v) is 10.5. The van der Waals surface area contributed by atoms with Gasteiger partial charge in [0.1, 0.15) is 22.3 Å². The maximum Gasteiger partial charge on any atom is 0.143 e. The third kappa shape index (κ3) is 4.94. The van der Waals surface area contributed by atoms with Crippen molar-refractivity contribution in [3.8, 4) is 22.3 Å². The van der Waals surface area contributed by atoms with Crippen LogP contribution < -0.4 is 4.90 Å². The summed E-state index contributed by atoms with van der Waals surface area (Å²) in [7, 11) is 0. The Hall–Kier alpha value is -8.14. The SMILES string of the molecule is c1ccc(C2(c3ccccc3)c3ccccc3-c3ccc(N(c4ccc5c(c4)oc4ccccc45)c4ccccc4-c4cccc5c4oc4c6ccccc6ccc54)cc32)cc1. The molecule has 0 saturated heterocycles. The Kier molecular flexibility index (Phi) is 7.52. The molecule has 0 radical (unpaired) electrons. The van der Waals surface area contributed by atoms with Crippen LogP contribution in [-0.4, -0.2) is 0 Å². The number of benzene rings is 10. The summed E-state index contributed by atoms with van der Waals surface area (Å²) in [5, 5.41) is 6.68. The van der Waals surface area contributed by atoms with Gasteiger partial charge in [-0.25, -0.2) is 0 Å². The first-order chi connectivity index (χ1) is 30.8. The molecule has 12 aromatic rings. The van der Waals surface area contributed by atoms with E-state index >= 15 is 0 Å². The standard InChI is InChI=1S/C59H37NO2/c1-3-17-39(18-4-1)59(40-19-5-2-6-20-40)52-27-12-9-22-44(52)45-34-31-41(36-53(45)59)60(42-32-35-48-47-24-11-14-29-55(47)61-56(48)37-42)54-28-13-10-23-46(54)49-25-15-26-50-51-33-30-38-16-7-8-21-43(38)57(51)62-58(49)50/h1-37H. The number of fused-ring (bicyclic) bond motifs is 11. The van der Waals surface area contributed by atoms with Gasteiger partial charge >= 0.3 is 0 Å². The van der Waals surface area contributed by atoms with E-state index in [0.717, 1.165) is 82.8 Å². The zero-order valence-corrected chi connectivity index (χ0v) is 33.6. The highest BCUT2D eigenvalue weighted by atomic mass is 16.3. The molecule has 0 atom stereocenters. The molecule has 0 saturated carbocycles. The molecule has 13 rings (SSSR count). The lowest BCUT2D eigenvalue weighted by atomic mass is 9.67. The summed E-state index contributed by atoms with van der Waals surface area (Å²) in [5.41, 5.74) is 15.6. The van der Waals surface area contributed by atoms with Gasteiger partial charge in [0.2, 0.25) is 0 Å². The Bertz CT molecular complexity index is 3670. The first kappa shape index (κ1) is 34.7. The van der Waals surface area contributed by atoms with Crippen LogP contribution in [0.15, 0.2) is 233 Å². The smallest absolute Gasteiger partial charge is 0.143 e. The Balaban J connectivity index is 1.09. The van der Waals surface area contributed by atoms with Gasteiger partial charge in [0.15, 0.2) is 0 Å². The van der Waals surface area contributed by atoms with Crippen molar-refractivity contribution >= 4 is 71.7 Å². The van der Waals surface area contributed by atoms with Gasteiger partial charge in [0, 0.05) is 55.5 Å². The van der Waals surface area contributed by atoms with Crippen LogP contribution in [0.4, 0.5) is 17.1 Å². The lowest BCUT2D eigenvalue weighted by molar-refractivity contribution is 0.669. The molecule has 290 valence electrons. The summed E-state index contributed by atoms with van der Waals surface area (Å²) < 4.78 is 13.6. The largest absolute Gasteiger partial charge is 0.456 e. The molecule has 10 aromatic carbocycles. The van der Waals surface area contributed by atoms with E-state index < -0.39 is 5.41 Å². The van der Waals surface area contributed by atoms with Crippen molar-refractivity contribution in [2.24, 2.45) is 0 Å². The van der Waals surface area contributed by atoms with Crippen molar-refractivity contribution in [1.82, 2.24) is 0 Å². The molecule has 0 aliphatic heterocycles. The topological polar surface area (TPSA) is 29.5 Å². The third-order valence-electron chi connectivity index (χ3n) is 13.1. The second-order valence-electron chi connectivity index (χ2n) is 16.3. The number of rotatable bonds is 6. The van der Waals surface area contributed by atoms with Gasteiger partial charge in [-0.05, 0) is 81.2 Å². The highest BCUT2D eigenvalue weighted by molar-refractivity contribution is 6.18. The Morgan fingerprint density at radius 1 is 0.323 bits per heavy atom. The molecule has 3 heteroatoms. The van der Waals surface area contributed by atoms with Crippen molar-refractivity contribution in [1.29, 1.82) is 0 Å². The molecule has 0 bridgehead atoms. The second-order valence-corrected chi connectivity index (χ2v) is 16.3. The highest BCUT2D eigenvalue weighted by Gasteiger charge is 2.46. The number of furan rings is 2. The van der Waals surface area contributed by atoms with E-state index in [1.165, 1.54) is 33.4 Å². The summed E-state index contributed by atoms with van der Waals surface area (Å²) in [5.74, 6) is 0. The molecule has 3 nitrogen and oxygen atoms in total. The normalized spacial score (nSPS) is 13.0.